The minimum absolute atomic E-state index is 0.415. The molecule has 2 heterocycles. The van der Waals surface area contributed by atoms with Crippen molar-refractivity contribution in [1.82, 2.24) is 10.2 Å². The van der Waals surface area contributed by atoms with Gasteiger partial charge in [-0.2, -0.15) is 0 Å². The van der Waals surface area contributed by atoms with Crippen LogP contribution in [0.4, 0.5) is 0 Å². The lowest BCUT2D eigenvalue weighted by Gasteiger charge is -2.57. The molecule has 130 valence electrons. The molecule has 4 fully saturated rings. The third-order valence-corrected chi connectivity index (χ3v) is 6.96. The number of nitrogens with one attached hydrogen (secondary N) is 1. The average Bonchev–Trinajstić information content (AvgIpc) is 3.20. The SMILES string of the molecule is CCN=C(NC1C2CCOC2C12CCCC2)N1CCC(C)CC1. The number of likely N-dealkylation sites (tertiary alicyclic amines) is 1. The molecule has 3 atom stereocenters. The van der Waals surface area contributed by atoms with Gasteiger partial charge in [-0.1, -0.05) is 19.8 Å². The van der Waals surface area contributed by atoms with Crippen LogP contribution in [-0.2, 0) is 4.74 Å². The van der Waals surface area contributed by atoms with Crippen molar-refractivity contribution in [1.29, 1.82) is 0 Å². The van der Waals surface area contributed by atoms with Crippen LogP contribution < -0.4 is 5.32 Å². The van der Waals surface area contributed by atoms with Crippen LogP contribution >= 0.6 is 0 Å². The van der Waals surface area contributed by atoms with E-state index in [2.05, 4.69) is 24.1 Å². The quantitative estimate of drug-likeness (QED) is 0.628. The summed E-state index contributed by atoms with van der Waals surface area (Å²) in [6, 6.07) is 0.599. The number of fused-ring (bicyclic) bond motifs is 2. The monoisotopic (exact) mass is 319 g/mol. The molecular formula is C19H33N3O. The van der Waals surface area contributed by atoms with Crippen molar-refractivity contribution >= 4 is 5.96 Å². The summed E-state index contributed by atoms with van der Waals surface area (Å²) >= 11 is 0. The highest BCUT2D eigenvalue weighted by Gasteiger charge is 2.65. The molecule has 2 saturated heterocycles. The van der Waals surface area contributed by atoms with Gasteiger partial charge in [-0.15, -0.1) is 0 Å². The van der Waals surface area contributed by atoms with Crippen LogP contribution in [0.25, 0.3) is 0 Å². The lowest BCUT2D eigenvalue weighted by molar-refractivity contribution is -0.125. The molecular weight excluding hydrogens is 286 g/mol. The van der Waals surface area contributed by atoms with E-state index in [4.69, 9.17) is 9.73 Å². The van der Waals surface area contributed by atoms with E-state index in [9.17, 15) is 0 Å². The average molecular weight is 319 g/mol. The summed E-state index contributed by atoms with van der Waals surface area (Å²) in [5.41, 5.74) is 0.415. The van der Waals surface area contributed by atoms with Crippen LogP contribution in [0, 0.1) is 17.3 Å². The van der Waals surface area contributed by atoms with E-state index in [0.29, 0.717) is 17.6 Å². The van der Waals surface area contributed by atoms with Gasteiger partial charge in [0.25, 0.3) is 0 Å². The van der Waals surface area contributed by atoms with Gasteiger partial charge in [0.05, 0.1) is 6.10 Å². The van der Waals surface area contributed by atoms with Crippen molar-refractivity contribution in [3.8, 4) is 0 Å². The van der Waals surface area contributed by atoms with E-state index in [1.807, 2.05) is 0 Å². The Morgan fingerprint density at radius 3 is 2.65 bits per heavy atom. The molecule has 1 spiro atoms. The van der Waals surface area contributed by atoms with E-state index >= 15 is 0 Å². The molecule has 2 aliphatic heterocycles. The maximum Gasteiger partial charge on any atom is 0.194 e. The summed E-state index contributed by atoms with van der Waals surface area (Å²) in [5, 5.41) is 3.94. The lowest BCUT2D eigenvalue weighted by atomic mass is 9.54. The maximum atomic E-state index is 6.13. The van der Waals surface area contributed by atoms with Crippen molar-refractivity contribution < 1.29 is 4.74 Å². The molecule has 0 amide bonds. The molecule has 4 aliphatic rings. The minimum Gasteiger partial charge on any atom is -0.377 e. The second-order valence-corrected chi connectivity index (χ2v) is 8.27. The zero-order valence-corrected chi connectivity index (χ0v) is 14.9. The number of hydrogen-bond acceptors (Lipinski definition) is 2. The highest BCUT2D eigenvalue weighted by Crippen LogP contribution is 2.60. The van der Waals surface area contributed by atoms with Crippen LogP contribution in [0.3, 0.4) is 0 Å². The Morgan fingerprint density at radius 1 is 1.22 bits per heavy atom. The van der Waals surface area contributed by atoms with E-state index in [-0.39, 0.29) is 0 Å². The number of aliphatic imine (C=N–C) groups is 1. The fraction of sp³-hybridized carbons (Fsp3) is 0.947. The Balaban J connectivity index is 1.49. The van der Waals surface area contributed by atoms with Crippen LogP contribution in [0.15, 0.2) is 4.99 Å². The van der Waals surface area contributed by atoms with E-state index in [0.717, 1.165) is 38.1 Å². The molecule has 4 rings (SSSR count). The van der Waals surface area contributed by atoms with Gasteiger partial charge in [-0.25, -0.2) is 0 Å². The largest absolute Gasteiger partial charge is 0.377 e. The zero-order chi connectivity index (χ0) is 15.9. The zero-order valence-electron chi connectivity index (χ0n) is 14.9. The number of hydrogen-bond donors (Lipinski definition) is 1. The fourth-order valence-electron chi connectivity index (χ4n) is 5.65. The van der Waals surface area contributed by atoms with Crippen LogP contribution in [0.5, 0.6) is 0 Å². The van der Waals surface area contributed by atoms with Gasteiger partial charge in [0.2, 0.25) is 0 Å². The molecule has 1 N–H and O–H groups in total. The molecule has 4 heteroatoms. The molecule has 0 aromatic rings. The Labute approximate surface area is 141 Å². The second kappa shape index (κ2) is 6.27. The van der Waals surface area contributed by atoms with E-state index < -0.39 is 0 Å². The Kier molecular flexibility index (Phi) is 4.29. The molecule has 2 aliphatic carbocycles. The van der Waals surface area contributed by atoms with Gasteiger partial charge >= 0.3 is 0 Å². The number of rotatable bonds is 2. The summed E-state index contributed by atoms with van der Waals surface area (Å²) in [7, 11) is 0. The van der Waals surface area contributed by atoms with Crippen molar-refractivity contribution in [3.05, 3.63) is 0 Å². The fourth-order valence-corrected chi connectivity index (χ4v) is 5.65. The van der Waals surface area contributed by atoms with Crippen molar-refractivity contribution in [2.75, 3.05) is 26.2 Å². The Hall–Kier alpha value is -0.770. The highest BCUT2D eigenvalue weighted by atomic mass is 16.5. The predicted octanol–water partition coefficient (Wildman–Crippen LogP) is 3.03. The van der Waals surface area contributed by atoms with Gasteiger partial charge in [-0.05, 0) is 44.9 Å². The maximum absolute atomic E-state index is 6.13. The standard InChI is InChI=1S/C19H33N3O/c1-3-20-18(22-11-6-14(2)7-12-22)21-16-15-8-13-23-17(15)19(16)9-4-5-10-19/h14-17H,3-13H2,1-2H3,(H,20,21). The molecule has 0 aromatic carbocycles. The summed E-state index contributed by atoms with van der Waals surface area (Å²) in [6.07, 6.45) is 9.83. The molecule has 4 nitrogen and oxygen atoms in total. The smallest absolute Gasteiger partial charge is 0.194 e. The van der Waals surface area contributed by atoms with Crippen LogP contribution in [0.1, 0.15) is 58.8 Å². The topological polar surface area (TPSA) is 36.9 Å². The molecule has 2 saturated carbocycles. The predicted molar refractivity (Wildman–Crippen MR) is 93.6 cm³/mol. The minimum atomic E-state index is 0.415. The summed E-state index contributed by atoms with van der Waals surface area (Å²) in [5.74, 6) is 2.77. The van der Waals surface area contributed by atoms with Crippen LogP contribution in [-0.4, -0.2) is 49.2 Å². The molecule has 0 radical (unpaired) electrons. The first-order chi connectivity index (χ1) is 11.2. The molecule has 0 aromatic heterocycles. The summed E-state index contributed by atoms with van der Waals surface area (Å²) in [4.78, 5) is 7.36. The number of piperidine rings is 1. The number of ether oxygens (including phenoxy) is 1. The van der Waals surface area contributed by atoms with Crippen molar-refractivity contribution in [2.24, 2.45) is 22.2 Å². The number of nitrogens with zero attached hydrogens (tertiary/aromatic N) is 2. The van der Waals surface area contributed by atoms with Crippen molar-refractivity contribution in [2.45, 2.75) is 70.9 Å². The number of guanidine groups is 1. The van der Waals surface area contributed by atoms with Crippen LogP contribution in [0.2, 0.25) is 0 Å². The third-order valence-electron chi connectivity index (χ3n) is 6.96. The van der Waals surface area contributed by atoms with Gasteiger partial charge in [0.1, 0.15) is 0 Å². The van der Waals surface area contributed by atoms with E-state index in [1.54, 1.807) is 0 Å². The first kappa shape index (κ1) is 15.7. The Morgan fingerprint density at radius 2 is 1.96 bits per heavy atom. The molecule has 0 bridgehead atoms. The van der Waals surface area contributed by atoms with Gasteiger partial charge in [0.15, 0.2) is 5.96 Å². The third kappa shape index (κ3) is 2.57. The van der Waals surface area contributed by atoms with Gasteiger partial charge in [0, 0.05) is 43.6 Å². The normalized spacial score (nSPS) is 37.0. The second-order valence-electron chi connectivity index (χ2n) is 8.27. The summed E-state index contributed by atoms with van der Waals surface area (Å²) < 4.78 is 6.13. The molecule has 23 heavy (non-hydrogen) atoms. The lowest BCUT2D eigenvalue weighted by Crippen LogP contribution is -2.69. The van der Waals surface area contributed by atoms with E-state index in [1.165, 1.54) is 50.9 Å². The van der Waals surface area contributed by atoms with Crippen molar-refractivity contribution in [3.63, 3.8) is 0 Å². The van der Waals surface area contributed by atoms with Gasteiger partial charge in [-0.3, -0.25) is 4.99 Å². The summed E-state index contributed by atoms with van der Waals surface area (Å²) in [6.45, 7) is 8.70. The highest BCUT2D eigenvalue weighted by molar-refractivity contribution is 5.80. The molecule has 3 unspecified atom stereocenters. The Bertz CT molecular complexity index is 450. The first-order valence-electron chi connectivity index (χ1n) is 9.92. The van der Waals surface area contributed by atoms with Gasteiger partial charge < -0.3 is 15.0 Å². The first-order valence-corrected chi connectivity index (χ1v) is 9.92.